The quantitative estimate of drug-likeness (QED) is 0.863. The first-order chi connectivity index (χ1) is 8.31. The van der Waals surface area contributed by atoms with E-state index in [1.165, 1.54) is 4.88 Å². The van der Waals surface area contributed by atoms with Crippen LogP contribution in [0.2, 0.25) is 0 Å². The van der Waals surface area contributed by atoms with E-state index in [1.54, 1.807) is 11.3 Å². The first-order valence-electron chi connectivity index (χ1n) is 6.21. The van der Waals surface area contributed by atoms with Crippen LogP contribution in [0.4, 0.5) is 0 Å². The highest BCUT2D eigenvalue weighted by Crippen LogP contribution is 2.27. The van der Waals surface area contributed by atoms with E-state index in [1.807, 2.05) is 25.7 Å². The van der Waals surface area contributed by atoms with Crippen molar-refractivity contribution in [2.24, 2.45) is 5.92 Å². The number of carbonyl (C=O) groups is 1. The smallest absolute Gasteiger partial charge is 0.317 e. The molecule has 0 amide bonds. The number of carboxylic acids is 1. The summed E-state index contributed by atoms with van der Waals surface area (Å²) in [5.41, 5.74) is 1.01. The molecule has 0 aliphatic carbocycles. The van der Waals surface area contributed by atoms with E-state index >= 15 is 0 Å². The van der Waals surface area contributed by atoms with Gasteiger partial charge in [0.25, 0.3) is 0 Å². The van der Waals surface area contributed by atoms with Crippen molar-refractivity contribution in [3.8, 4) is 0 Å². The molecule has 0 aromatic carbocycles. The van der Waals surface area contributed by atoms with Crippen LogP contribution in [-0.2, 0) is 4.79 Å². The Hall–Kier alpha value is -0.940. The Kier molecular flexibility index (Phi) is 5.28. The molecule has 5 heteroatoms. The largest absolute Gasteiger partial charge is 0.480 e. The molecular formula is C13H22N2O2S. The van der Waals surface area contributed by atoms with Crippen molar-refractivity contribution >= 4 is 17.3 Å². The van der Waals surface area contributed by atoms with Gasteiger partial charge in [0.05, 0.1) is 23.3 Å². The van der Waals surface area contributed by atoms with Crippen LogP contribution in [0.5, 0.6) is 0 Å². The minimum Gasteiger partial charge on any atom is -0.480 e. The molecule has 0 bridgehead atoms. The van der Waals surface area contributed by atoms with Gasteiger partial charge >= 0.3 is 5.97 Å². The van der Waals surface area contributed by atoms with Gasteiger partial charge in [0.1, 0.15) is 0 Å². The van der Waals surface area contributed by atoms with E-state index in [0.717, 1.165) is 17.2 Å². The summed E-state index contributed by atoms with van der Waals surface area (Å²) in [6.45, 7) is 11.1. The van der Waals surface area contributed by atoms with E-state index in [9.17, 15) is 4.79 Å². The molecule has 0 aliphatic heterocycles. The van der Waals surface area contributed by atoms with Crippen LogP contribution in [-0.4, -0.2) is 34.0 Å². The second-order valence-electron chi connectivity index (χ2n) is 5.07. The highest BCUT2D eigenvalue weighted by atomic mass is 32.1. The summed E-state index contributed by atoms with van der Waals surface area (Å²) in [5, 5.41) is 10.0. The second-order valence-corrected chi connectivity index (χ2v) is 6.47. The van der Waals surface area contributed by atoms with Gasteiger partial charge < -0.3 is 5.11 Å². The lowest BCUT2D eigenvalue weighted by Crippen LogP contribution is -2.35. The topological polar surface area (TPSA) is 53.4 Å². The summed E-state index contributed by atoms with van der Waals surface area (Å²) in [6.07, 6.45) is 0. The van der Waals surface area contributed by atoms with Gasteiger partial charge in [0.2, 0.25) is 0 Å². The third-order valence-corrected chi connectivity index (χ3v) is 3.72. The van der Waals surface area contributed by atoms with Crippen LogP contribution in [0.3, 0.4) is 0 Å². The maximum absolute atomic E-state index is 11.0. The second kappa shape index (κ2) is 6.29. The molecule has 1 unspecified atom stereocenters. The number of carboxylic acid groups (broad SMARTS) is 1. The highest BCUT2D eigenvalue weighted by molar-refractivity contribution is 7.11. The predicted octanol–water partition coefficient (Wildman–Crippen LogP) is 2.86. The van der Waals surface area contributed by atoms with E-state index in [-0.39, 0.29) is 12.6 Å². The number of rotatable bonds is 6. The Bertz CT molecular complexity index is 415. The minimum atomic E-state index is -0.785. The summed E-state index contributed by atoms with van der Waals surface area (Å²) in [4.78, 5) is 18.6. The average Bonchev–Trinajstić information content (AvgIpc) is 2.54. The number of aromatic nitrogens is 1. The fourth-order valence-electron chi connectivity index (χ4n) is 2.11. The number of aryl methyl sites for hydroxylation is 2. The number of hydrogen-bond donors (Lipinski definition) is 1. The third-order valence-electron chi connectivity index (χ3n) is 2.82. The zero-order chi connectivity index (χ0) is 13.9. The molecule has 1 atom stereocenters. The predicted molar refractivity (Wildman–Crippen MR) is 74.0 cm³/mol. The summed E-state index contributed by atoms with van der Waals surface area (Å²) in [5.74, 6) is -0.348. The minimum absolute atomic E-state index is 0.0495. The first-order valence-corrected chi connectivity index (χ1v) is 7.02. The Morgan fingerprint density at radius 2 is 2.00 bits per heavy atom. The number of thiazole rings is 1. The Labute approximate surface area is 113 Å². The molecule has 0 saturated heterocycles. The highest BCUT2D eigenvalue weighted by Gasteiger charge is 2.23. The number of hydrogen-bond acceptors (Lipinski definition) is 4. The lowest BCUT2D eigenvalue weighted by Gasteiger charge is -2.28. The normalized spacial score (nSPS) is 13.3. The van der Waals surface area contributed by atoms with E-state index in [2.05, 4.69) is 18.8 Å². The summed E-state index contributed by atoms with van der Waals surface area (Å²) in [6, 6.07) is 0.0495. The first kappa shape index (κ1) is 15.1. The Morgan fingerprint density at radius 1 is 1.39 bits per heavy atom. The van der Waals surface area contributed by atoms with Crippen molar-refractivity contribution in [3.05, 3.63) is 15.6 Å². The van der Waals surface area contributed by atoms with Gasteiger partial charge in [-0.25, -0.2) is 4.98 Å². The van der Waals surface area contributed by atoms with Gasteiger partial charge in [-0.3, -0.25) is 9.69 Å². The van der Waals surface area contributed by atoms with Crippen molar-refractivity contribution in [1.29, 1.82) is 0 Å². The standard InChI is InChI=1S/C13H22N2O2S/c1-8(2)6-15(7-12(16)17)9(3)13-10(4)18-11(5)14-13/h8-9H,6-7H2,1-5H3,(H,16,17). The maximum atomic E-state index is 11.0. The Balaban J connectivity index is 2.90. The zero-order valence-corrected chi connectivity index (χ0v) is 12.5. The van der Waals surface area contributed by atoms with Crippen LogP contribution in [0.25, 0.3) is 0 Å². The molecule has 1 heterocycles. The summed E-state index contributed by atoms with van der Waals surface area (Å²) < 4.78 is 0. The molecule has 0 fully saturated rings. The lowest BCUT2D eigenvalue weighted by molar-refractivity contribution is -0.139. The van der Waals surface area contributed by atoms with E-state index in [0.29, 0.717) is 5.92 Å². The molecule has 0 saturated carbocycles. The molecular weight excluding hydrogens is 248 g/mol. The monoisotopic (exact) mass is 270 g/mol. The van der Waals surface area contributed by atoms with Crippen molar-refractivity contribution in [1.82, 2.24) is 9.88 Å². The van der Waals surface area contributed by atoms with Crippen LogP contribution in [0, 0.1) is 19.8 Å². The van der Waals surface area contributed by atoms with Gasteiger partial charge in [-0.15, -0.1) is 11.3 Å². The maximum Gasteiger partial charge on any atom is 0.317 e. The summed E-state index contributed by atoms with van der Waals surface area (Å²) in [7, 11) is 0. The van der Waals surface area contributed by atoms with Crippen LogP contribution >= 0.6 is 11.3 Å². The van der Waals surface area contributed by atoms with Gasteiger partial charge in [0.15, 0.2) is 0 Å². The molecule has 0 spiro atoms. The Morgan fingerprint density at radius 3 is 2.39 bits per heavy atom. The molecule has 0 radical (unpaired) electrons. The van der Waals surface area contributed by atoms with Crippen molar-refractivity contribution in [2.75, 3.05) is 13.1 Å². The molecule has 0 aliphatic rings. The lowest BCUT2D eigenvalue weighted by atomic mass is 10.1. The van der Waals surface area contributed by atoms with Crippen LogP contribution in [0.1, 0.15) is 42.4 Å². The van der Waals surface area contributed by atoms with Gasteiger partial charge in [-0.05, 0) is 26.7 Å². The van der Waals surface area contributed by atoms with Crippen LogP contribution in [0.15, 0.2) is 0 Å². The molecule has 4 nitrogen and oxygen atoms in total. The van der Waals surface area contributed by atoms with Gasteiger partial charge in [-0.2, -0.15) is 0 Å². The number of nitrogens with zero attached hydrogens (tertiary/aromatic N) is 2. The van der Waals surface area contributed by atoms with Crippen molar-refractivity contribution < 1.29 is 9.90 Å². The van der Waals surface area contributed by atoms with Gasteiger partial charge in [-0.1, -0.05) is 13.8 Å². The van der Waals surface area contributed by atoms with E-state index < -0.39 is 5.97 Å². The third kappa shape index (κ3) is 4.07. The van der Waals surface area contributed by atoms with E-state index in [4.69, 9.17) is 5.11 Å². The zero-order valence-electron chi connectivity index (χ0n) is 11.7. The van der Waals surface area contributed by atoms with Gasteiger partial charge in [0, 0.05) is 11.4 Å². The molecule has 1 aromatic heterocycles. The van der Waals surface area contributed by atoms with Crippen molar-refractivity contribution in [2.45, 2.75) is 40.7 Å². The number of aliphatic carboxylic acids is 1. The van der Waals surface area contributed by atoms with Crippen LogP contribution < -0.4 is 0 Å². The molecule has 1 N–H and O–H groups in total. The SMILES string of the molecule is Cc1nc(C(C)N(CC(=O)O)CC(C)C)c(C)s1. The average molecular weight is 270 g/mol. The molecule has 18 heavy (non-hydrogen) atoms. The molecule has 102 valence electrons. The fourth-order valence-corrected chi connectivity index (χ4v) is 3.02. The van der Waals surface area contributed by atoms with Crippen molar-refractivity contribution in [3.63, 3.8) is 0 Å². The summed E-state index contributed by atoms with van der Waals surface area (Å²) >= 11 is 1.67. The molecule has 1 rings (SSSR count). The molecule has 1 aromatic rings. The fraction of sp³-hybridized carbons (Fsp3) is 0.692.